The van der Waals surface area contributed by atoms with E-state index >= 15 is 0 Å². The molecule has 0 spiro atoms. The molecule has 1 aliphatic rings. The van der Waals surface area contributed by atoms with Crippen LogP contribution in [0, 0.1) is 0 Å². The zero-order valence-corrected chi connectivity index (χ0v) is 12.1. The van der Waals surface area contributed by atoms with Crippen LogP contribution < -0.4 is 4.90 Å². The Labute approximate surface area is 113 Å². The van der Waals surface area contributed by atoms with Gasteiger partial charge in [-0.25, -0.2) is 4.98 Å². The van der Waals surface area contributed by atoms with E-state index in [1.807, 2.05) is 0 Å². The number of fused-ring (bicyclic) bond motifs is 1. The molecule has 17 heavy (non-hydrogen) atoms. The van der Waals surface area contributed by atoms with Crippen LogP contribution >= 0.6 is 27.3 Å². The summed E-state index contributed by atoms with van der Waals surface area (Å²) in [6.07, 6.45) is 0. The van der Waals surface area contributed by atoms with Crippen molar-refractivity contribution in [2.75, 3.05) is 38.1 Å². The average molecular weight is 312 g/mol. The van der Waals surface area contributed by atoms with Crippen LogP contribution in [-0.2, 0) is 0 Å². The molecule has 3 nitrogen and oxygen atoms in total. The van der Waals surface area contributed by atoms with E-state index in [1.165, 1.54) is 4.70 Å². The largest absolute Gasteiger partial charge is 0.345 e. The van der Waals surface area contributed by atoms with Gasteiger partial charge in [-0.3, -0.25) is 0 Å². The summed E-state index contributed by atoms with van der Waals surface area (Å²) in [7, 11) is 2.17. The van der Waals surface area contributed by atoms with Crippen molar-refractivity contribution in [2.45, 2.75) is 0 Å². The molecule has 1 saturated heterocycles. The summed E-state index contributed by atoms with van der Waals surface area (Å²) in [5, 5.41) is 1.15. The Morgan fingerprint density at radius 2 is 2.00 bits per heavy atom. The lowest BCUT2D eigenvalue weighted by Crippen LogP contribution is -2.44. The van der Waals surface area contributed by atoms with E-state index in [2.05, 4.69) is 51.0 Å². The van der Waals surface area contributed by atoms with Crippen molar-refractivity contribution in [3.05, 3.63) is 22.7 Å². The number of rotatable bonds is 1. The monoisotopic (exact) mass is 311 g/mol. The van der Waals surface area contributed by atoms with Crippen LogP contribution in [-0.4, -0.2) is 43.1 Å². The average Bonchev–Trinajstić information content (AvgIpc) is 2.75. The third-order valence-electron chi connectivity index (χ3n) is 3.13. The Hall–Kier alpha value is -0.650. The standard InChI is InChI=1S/C12H14BrN3S/c1-15-5-7-16(8-6-15)12-14-11-9(13)3-2-4-10(11)17-12/h2-4H,5-8H2,1H3. The molecular weight excluding hydrogens is 298 g/mol. The Balaban J connectivity index is 1.93. The highest BCUT2D eigenvalue weighted by atomic mass is 79.9. The number of para-hydroxylation sites is 1. The van der Waals surface area contributed by atoms with Gasteiger partial charge in [-0.2, -0.15) is 0 Å². The van der Waals surface area contributed by atoms with Gasteiger partial charge in [0.1, 0.15) is 0 Å². The van der Waals surface area contributed by atoms with E-state index in [-0.39, 0.29) is 0 Å². The number of likely N-dealkylation sites (N-methyl/N-ethyl adjacent to an activating group) is 1. The maximum atomic E-state index is 4.74. The first kappa shape index (κ1) is 11.4. The molecule has 1 aliphatic heterocycles. The maximum absolute atomic E-state index is 4.74. The number of benzene rings is 1. The van der Waals surface area contributed by atoms with Gasteiger partial charge in [-0.15, -0.1) is 0 Å². The minimum absolute atomic E-state index is 1.08. The maximum Gasteiger partial charge on any atom is 0.186 e. The molecule has 2 heterocycles. The minimum Gasteiger partial charge on any atom is -0.345 e. The number of halogens is 1. The molecule has 0 saturated carbocycles. The molecule has 0 aliphatic carbocycles. The third kappa shape index (κ3) is 2.19. The fraction of sp³-hybridized carbons (Fsp3) is 0.417. The lowest BCUT2D eigenvalue weighted by molar-refractivity contribution is 0.313. The van der Waals surface area contributed by atoms with Gasteiger partial charge in [0, 0.05) is 30.7 Å². The number of anilines is 1. The van der Waals surface area contributed by atoms with Gasteiger partial charge in [0.25, 0.3) is 0 Å². The first-order chi connectivity index (χ1) is 8.24. The van der Waals surface area contributed by atoms with Crippen molar-refractivity contribution in [3.63, 3.8) is 0 Å². The summed E-state index contributed by atoms with van der Waals surface area (Å²) >= 11 is 5.35. The second kappa shape index (κ2) is 4.55. The Morgan fingerprint density at radius 3 is 2.71 bits per heavy atom. The van der Waals surface area contributed by atoms with Gasteiger partial charge in [-0.05, 0) is 35.1 Å². The molecule has 1 aromatic carbocycles. The van der Waals surface area contributed by atoms with Crippen molar-refractivity contribution in [3.8, 4) is 0 Å². The highest BCUT2D eigenvalue weighted by molar-refractivity contribution is 9.10. The van der Waals surface area contributed by atoms with Crippen molar-refractivity contribution in [1.29, 1.82) is 0 Å². The number of thiazole rings is 1. The number of aromatic nitrogens is 1. The molecule has 0 N–H and O–H groups in total. The van der Waals surface area contributed by atoms with Crippen LogP contribution in [0.3, 0.4) is 0 Å². The molecule has 0 amide bonds. The normalized spacial score (nSPS) is 17.9. The second-order valence-electron chi connectivity index (χ2n) is 4.37. The van der Waals surface area contributed by atoms with E-state index in [4.69, 9.17) is 4.98 Å². The SMILES string of the molecule is CN1CCN(c2nc3c(Br)cccc3s2)CC1. The first-order valence-electron chi connectivity index (χ1n) is 5.72. The lowest BCUT2D eigenvalue weighted by atomic mass is 10.3. The summed E-state index contributed by atoms with van der Waals surface area (Å²) in [5.74, 6) is 0. The molecule has 3 rings (SSSR count). The van der Waals surface area contributed by atoms with Crippen molar-refractivity contribution in [1.82, 2.24) is 9.88 Å². The molecule has 0 atom stereocenters. The fourth-order valence-electron chi connectivity index (χ4n) is 2.04. The third-order valence-corrected chi connectivity index (χ3v) is 4.85. The molecule has 5 heteroatoms. The number of piperazine rings is 1. The molecule has 2 aromatic rings. The van der Waals surface area contributed by atoms with Crippen molar-refractivity contribution in [2.24, 2.45) is 0 Å². The Morgan fingerprint density at radius 1 is 1.24 bits per heavy atom. The molecule has 1 aromatic heterocycles. The number of hydrogen-bond acceptors (Lipinski definition) is 4. The number of nitrogens with zero attached hydrogens (tertiary/aromatic N) is 3. The molecule has 0 radical (unpaired) electrons. The minimum atomic E-state index is 1.08. The molecule has 90 valence electrons. The van der Waals surface area contributed by atoms with Crippen LogP contribution in [0.5, 0.6) is 0 Å². The van der Waals surface area contributed by atoms with Crippen LogP contribution in [0.1, 0.15) is 0 Å². The smallest absolute Gasteiger partial charge is 0.186 e. The van der Waals surface area contributed by atoms with Gasteiger partial charge in [0.2, 0.25) is 0 Å². The summed E-state index contributed by atoms with van der Waals surface area (Å²) < 4.78 is 2.35. The van der Waals surface area contributed by atoms with E-state index in [0.29, 0.717) is 0 Å². The topological polar surface area (TPSA) is 19.4 Å². The van der Waals surface area contributed by atoms with Crippen LogP contribution in [0.25, 0.3) is 10.2 Å². The van der Waals surface area contributed by atoms with Crippen LogP contribution in [0.2, 0.25) is 0 Å². The predicted octanol–water partition coefficient (Wildman–Crippen LogP) is 2.81. The van der Waals surface area contributed by atoms with E-state index < -0.39 is 0 Å². The Bertz CT molecular complexity index is 532. The van der Waals surface area contributed by atoms with Gasteiger partial charge in [0.05, 0.1) is 10.2 Å². The van der Waals surface area contributed by atoms with Crippen LogP contribution in [0.15, 0.2) is 22.7 Å². The van der Waals surface area contributed by atoms with Crippen molar-refractivity contribution >= 4 is 42.6 Å². The Kier molecular flexibility index (Phi) is 3.06. The molecule has 0 bridgehead atoms. The van der Waals surface area contributed by atoms with Gasteiger partial charge < -0.3 is 9.80 Å². The van der Waals surface area contributed by atoms with Gasteiger partial charge >= 0.3 is 0 Å². The van der Waals surface area contributed by atoms with E-state index in [0.717, 1.165) is 41.3 Å². The van der Waals surface area contributed by atoms with E-state index in [9.17, 15) is 0 Å². The second-order valence-corrected chi connectivity index (χ2v) is 6.24. The lowest BCUT2D eigenvalue weighted by Gasteiger charge is -2.32. The number of hydrogen-bond donors (Lipinski definition) is 0. The molecule has 0 unspecified atom stereocenters. The van der Waals surface area contributed by atoms with Crippen LogP contribution in [0.4, 0.5) is 5.13 Å². The zero-order chi connectivity index (χ0) is 11.8. The molecular formula is C12H14BrN3S. The summed E-state index contributed by atoms with van der Waals surface area (Å²) in [6, 6.07) is 6.26. The predicted molar refractivity (Wildman–Crippen MR) is 77.0 cm³/mol. The highest BCUT2D eigenvalue weighted by Crippen LogP contribution is 2.33. The quantitative estimate of drug-likeness (QED) is 0.807. The van der Waals surface area contributed by atoms with Gasteiger partial charge in [-0.1, -0.05) is 17.4 Å². The van der Waals surface area contributed by atoms with Crippen molar-refractivity contribution < 1.29 is 0 Å². The highest BCUT2D eigenvalue weighted by Gasteiger charge is 2.17. The summed E-state index contributed by atoms with van der Waals surface area (Å²) in [4.78, 5) is 9.49. The van der Waals surface area contributed by atoms with E-state index in [1.54, 1.807) is 11.3 Å². The zero-order valence-electron chi connectivity index (χ0n) is 9.69. The summed E-state index contributed by atoms with van der Waals surface area (Å²) in [5.41, 5.74) is 1.09. The van der Waals surface area contributed by atoms with Gasteiger partial charge in [0.15, 0.2) is 5.13 Å². The summed E-state index contributed by atoms with van der Waals surface area (Å²) in [6.45, 7) is 4.40. The fourth-order valence-corrected chi connectivity index (χ4v) is 3.67. The molecule has 1 fully saturated rings. The first-order valence-corrected chi connectivity index (χ1v) is 7.33.